The highest BCUT2D eigenvalue weighted by atomic mass is 32.2. The van der Waals surface area contributed by atoms with E-state index in [2.05, 4.69) is 15.5 Å². The van der Waals surface area contributed by atoms with Gasteiger partial charge >= 0.3 is 0 Å². The number of benzene rings is 1. The highest BCUT2D eigenvalue weighted by Gasteiger charge is 2.23. The lowest BCUT2D eigenvalue weighted by Crippen LogP contribution is -2.37. The van der Waals surface area contributed by atoms with Crippen LogP contribution in [0.25, 0.3) is 0 Å². The van der Waals surface area contributed by atoms with Gasteiger partial charge in [0.2, 0.25) is 11.8 Å². The Morgan fingerprint density at radius 2 is 2.04 bits per heavy atom. The van der Waals surface area contributed by atoms with Crippen molar-refractivity contribution in [3.05, 3.63) is 35.7 Å². The van der Waals surface area contributed by atoms with Gasteiger partial charge in [-0.3, -0.25) is 4.79 Å². The quantitative estimate of drug-likeness (QED) is 0.763. The van der Waals surface area contributed by atoms with Gasteiger partial charge in [-0.1, -0.05) is 36.7 Å². The molecule has 0 radical (unpaired) electrons. The fourth-order valence-corrected chi connectivity index (χ4v) is 3.58. The minimum Gasteiger partial charge on any atom is -0.497 e. The van der Waals surface area contributed by atoms with E-state index >= 15 is 0 Å². The highest BCUT2D eigenvalue weighted by molar-refractivity contribution is 8.00. The zero-order chi connectivity index (χ0) is 17.6. The fraction of sp³-hybridized carbons (Fsp3) is 0.500. The first-order valence-electron chi connectivity index (χ1n) is 8.56. The number of nitrogens with zero attached hydrogens (tertiary/aromatic N) is 2. The number of carbonyl (C=O) groups is 1. The Morgan fingerprint density at radius 1 is 1.32 bits per heavy atom. The third-order valence-electron chi connectivity index (χ3n) is 4.31. The molecule has 0 spiro atoms. The molecule has 1 atom stereocenters. The van der Waals surface area contributed by atoms with E-state index in [4.69, 9.17) is 9.15 Å². The van der Waals surface area contributed by atoms with Crippen molar-refractivity contribution in [2.45, 2.75) is 55.5 Å². The number of rotatable bonds is 7. The Balaban J connectivity index is 1.52. The van der Waals surface area contributed by atoms with Crippen LogP contribution < -0.4 is 10.1 Å². The molecule has 1 aromatic carbocycles. The molecule has 1 aliphatic carbocycles. The first-order chi connectivity index (χ1) is 12.1. The molecule has 6 nitrogen and oxygen atoms in total. The predicted octanol–water partition coefficient (Wildman–Crippen LogP) is 3.21. The Bertz CT molecular complexity index is 696. The molecule has 25 heavy (non-hydrogen) atoms. The van der Waals surface area contributed by atoms with Crippen LogP contribution in [0.15, 0.2) is 33.9 Å². The van der Waals surface area contributed by atoms with Crippen molar-refractivity contribution < 1.29 is 13.9 Å². The topological polar surface area (TPSA) is 77.2 Å². The summed E-state index contributed by atoms with van der Waals surface area (Å²) in [5, 5.41) is 11.4. The van der Waals surface area contributed by atoms with Crippen LogP contribution in [0.1, 0.15) is 44.1 Å². The number of amides is 1. The molecule has 3 rings (SSSR count). The Morgan fingerprint density at radius 3 is 2.72 bits per heavy atom. The number of methoxy groups -OCH3 is 1. The average Bonchev–Trinajstić information content (AvgIpc) is 3.27. The molecule has 1 amide bonds. The predicted molar refractivity (Wildman–Crippen MR) is 95.8 cm³/mol. The number of aromatic nitrogens is 2. The van der Waals surface area contributed by atoms with Gasteiger partial charge < -0.3 is 14.5 Å². The normalized spacial score (nSPS) is 15.9. The number of nitrogens with one attached hydrogen (secondary N) is 1. The Hall–Kier alpha value is -2.02. The first-order valence-corrected chi connectivity index (χ1v) is 9.44. The van der Waals surface area contributed by atoms with Crippen LogP contribution in [0.5, 0.6) is 5.75 Å². The minimum atomic E-state index is -0.255. The summed E-state index contributed by atoms with van der Waals surface area (Å²) in [6, 6.07) is 8.05. The van der Waals surface area contributed by atoms with Gasteiger partial charge in [-0.05, 0) is 37.5 Å². The van der Waals surface area contributed by atoms with Gasteiger partial charge in [-0.25, -0.2) is 0 Å². The molecule has 0 bridgehead atoms. The molecule has 2 aromatic rings. The number of thioether (sulfide) groups is 1. The van der Waals surface area contributed by atoms with Crippen molar-refractivity contribution in [3.8, 4) is 5.75 Å². The number of carbonyl (C=O) groups excluding carboxylic acids is 1. The van der Waals surface area contributed by atoms with E-state index < -0.39 is 0 Å². The molecule has 0 aliphatic heterocycles. The zero-order valence-corrected chi connectivity index (χ0v) is 15.3. The summed E-state index contributed by atoms with van der Waals surface area (Å²) in [5.74, 6) is 1.38. The fourth-order valence-electron chi connectivity index (χ4n) is 2.87. The third-order valence-corrected chi connectivity index (χ3v) is 5.25. The Kier molecular flexibility index (Phi) is 5.96. The maximum atomic E-state index is 12.2. The van der Waals surface area contributed by atoms with Gasteiger partial charge in [0.25, 0.3) is 5.22 Å². The van der Waals surface area contributed by atoms with Crippen molar-refractivity contribution in [2.75, 3.05) is 7.11 Å². The summed E-state index contributed by atoms with van der Waals surface area (Å²) >= 11 is 1.30. The van der Waals surface area contributed by atoms with E-state index in [-0.39, 0.29) is 11.2 Å². The minimum absolute atomic E-state index is 0.0341. The summed E-state index contributed by atoms with van der Waals surface area (Å²) in [5.41, 5.74) is 1.06. The van der Waals surface area contributed by atoms with Gasteiger partial charge in [0.05, 0.1) is 18.8 Å². The molecule has 7 heteroatoms. The lowest BCUT2D eigenvalue weighted by atomic mass is 10.1. The lowest BCUT2D eigenvalue weighted by Gasteiger charge is -2.14. The summed E-state index contributed by atoms with van der Waals surface area (Å²) in [6.45, 7) is 1.86. The van der Waals surface area contributed by atoms with Crippen LogP contribution in [-0.2, 0) is 11.2 Å². The molecule has 1 N–H and O–H groups in total. The first kappa shape index (κ1) is 17.8. The monoisotopic (exact) mass is 361 g/mol. The van der Waals surface area contributed by atoms with Crippen molar-refractivity contribution in [1.29, 1.82) is 0 Å². The number of hydrogen-bond donors (Lipinski definition) is 1. The van der Waals surface area contributed by atoms with Crippen molar-refractivity contribution in [3.63, 3.8) is 0 Å². The van der Waals surface area contributed by atoms with E-state index in [1.165, 1.54) is 24.6 Å². The van der Waals surface area contributed by atoms with Crippen LogP contribution in [0.3, 0.4) is 0 Å². The number of hydrogen-bond acceptors (Lipinski definition) is 6. The average molecular weight is 361 g/mol. The summed E-state index contributed by atoms with van der Waals surface area (Å²) in [6.07, 6.45) is 5.11. The van der Waals surface area contributed by atoms with E-state index in [1.54, 1.807) is 7.11 Å². The second-order valence-electron chi connectivity index (χ2n) is 6.24. The summed E-state index contributed by atoms with van der Waals surface area (Å²) < 4.78 is 10.8. The van der Waals surface area contributed by atoms with Crippen LogP contribution >= 0.6 is 11.8 Å². The molecule has 1 aromatic heterocycles. The Labute approximate surface area is 151 Å². The summed E-state index contributed by atoms with van der Waals surface area (Å²) in [7, 11) is 1.64. The summed E-state index contributed by atoms with van der Waals surface area (Å²) in [4.78, 5) is 12.2. The van der Waals surface area contributed by atoms with Gasteiger partial charge in [0, 0.05) is 6.04 Å². The standard InChI is InChI=1S/C18H23N3O3S/c1-12(17(22)19-14-5-3-4-6-14)25-18-21-20-16(24-18)11-13-7-9-15(23-2)10-8-13/h7-10,12,14H,3-6,11H2,1-2H3,(H,19,22). The van der Waals surface area contributed by atoms with Gasteiger partial charge in [-0.15, -0.1) is 10.2 Å². The van der Waals surface area contributed by atoms with Crippen LogP contribution in [0, 0.1) is 0 Å². The van der Waals surface area contributed by atoms with E-state index in [1.807, 2.05) is 31.2 Å². The molecule has 0 saturated heterocycles. The van der Waals surface area contributed by atoms with Gasteiger partial charge in [0.15, 0.2) is 0 Å². The van der Waals surface area contributed by atoms with E-state index in [0.29, 0.717) is 23.6 Å². The van der Waals surface area contributed by atoms with Crippen molar-refractivity contribution in [2.24, 2.45) is 0 Å². The van der Waals surface area contributed by atoms with E-state index in [9.17, 15) is 4.79 Å². The number of ether oxygens (including phenoxy) is 1. The van der Waals surface area contributed by atoms with Gasteiger partial charge in [0.1, 0.15) is 5.75 Å². The van der Waals surface area contributed by atoms with Gasteiger partial charge in [-0.2, -0.15) is 0 Å². The SMILES string of the molecule is COc1ccc(Cc2nnc(SC(C)C(=O)NC3CCCC3)o2)cc1. The smallest absolute Gasteiger partial charge is 0.277 e. The molecule has 1 fully saturated rings. The maximum absolute atomic E-state index is 12.2. The molecular weight excluding hydrogens is 338 g/mol. The molecule has 1 heterocycles. The molecule has 1 saturated carbocycles. The zero-order valence-electron chi connectivity index (χ0n) is 14.5. The maximum Gasteiger partial charge on any atom is 0.277 e. The van der Waals surface area contributed by atoms with Crippen LogP contribution in [0.2, 0.25) is 0 Å². The highest BCUT2D eigenvalue weighted by Crippen LogP contribution is 2.24. The van der Waals surface area contributed by atoms with Crippen LogP contribution in [0.4, 0.5) is 0 Å². The molecular formula is C18H23N3O3S. The lowest BCUT2D eigenvalue weighted by molar-refractivity contribution is -0.120. The second kappa shape index (κ2) is 8.38. The van der Waals surface area contributed by atoms with Crippen molar-refractivity contribution >= 4 is 17.7 Å². The van der Waals surface area contributed by atoms with Crippen molar-refractivity contribution in [1.82, 2.24) is 15.5 Å². The molecule has 1 unspecified atom stereocenters. The van der Waals surface area contributed by atoms with E-state index in [0.717, 1.165) is 24.2 Å². The third kappa shape index (κ3) is 4.98. The molecule has 134 valence electrons. The van der Waals surface area contributed by atoms with Crippen LogP contribution in [-0.4, -0.2) is 34.5 Å². The molecule has 1 aliphatic rings. The second-order valence-corrected chi connectivity index (χ2v) is 7.53. The largest absolute Gasteiger partial charge is 0.497 e.